The number of rotatable bonds is 6. The Morgan fingerprint density at radius 2 is 2.00 bits per heavy atom. The first-order chi connectivity index (χ1) is 14.7. The number of hydrogen-bond acceptors (Lipinski definition) is 4. The monoisotopic (exact) mass is 536 g/mol. The Balaban J connectivity index is 0.00000272. The lowest BCUT2D eigenvalue weighted by atomic mass is 10.2. The zero-order chi connectivity index (χ0) is 20.9. The van der Waals surface area contributed by atoms with E-state index >= 15 is 0 Å². The predicted octanol–water partition coefficient (Wildman–Crippen LogP) is 3.41. The Morgan fingerprint density at radius 3 is 2.84 bits per heavy atom. The van der Waals surface area contributed by atoms with Crippen LogP contribution in [0.15, 0.2) is 47.5 Å². The van der Waals surface area contributed by atoms with Gasteiger partial charge in [0.1, 0.15) is 0 Å². The van der Waals surface area contributed by atoms with Gasteiger partial charge in [0.25, 0.3) is 0 Å². The molecule has 0 bridgehead atoms. The van der Waals surface area contributed by atoms with Crippen LogP contribution < -0.4 is 19.7 Å². The fourth-order valence-electron chi connectivity index (χ4n) is 3.94. The number of fused-ring (bicyclic) bond motifs is 2. The van der Waals surface area contributed by atoms with Crippen LogP contribution in [0.4, 0.5) is 5.69 Å². The van der Waals surface area contributed by atoms with E-state index in [1.54, 1.807) is 7.05 Å². The molecule has 0 aromatic heterocycles. The fourth-order valence-corrected chi connectivity index (χ4v) is 3.94. The molecule has 0 saturated heterocycles. The van der Waals surface area contributed by atoms with Gasteiger partial charge in [-0.15, -0.1) is 24.0 Å². The molecule has 31 heavy (non-hydrogen) atoms. The van der Waals surface area contributed by atoms with Crippen LogP contribution in [0, 0.1) is 0 Å². The molecule has 8 heteroatoms. The first-order valence-electron chi connectivity index (χ1n) is 10.3. The van der Waals surface area contributed by atoms with Crippen molar-refractivity contribution in [3.63, 3.8) is 0 Å². The number of ether oxygens (including phenoxy) is 2. The maximum Gasteiger partial charge on any atom is 0.231 e. The Morgan fingerprint density at radius 1 is 1.19 bits per heavy atom. The summed E-state index contributed by atoms with van der Waals surface area (Å²) in [5.74, 6) is 2.55. The largest absolute Gasteiger partial charge is 0.454 e. The molecule has 0 fully saturated rings. The van der Waals surface area contributed by atoms with Crippen molar-refractivity contribution in [2.75, 3.05) is 38.9 Å². The summed E-state index contributed by atoms with van der Waals surface area (Å²) in [6.45, 7) is 2.45. The maximum atomic E-state index is 12.6. The summed E-state index contributed by atoms with van der Waals surface area (Å²) in [5.41, 5.74) is 3.44. The number of para-hydroxylation sites is 1. The number of hydrogen-bond donors (Lipinski definition) is 1. The second-order valence-corrected chi connectivity index (χ2v) is 7.55. The van der Waals surface area contributed by atoms with Crippen molar-refractivity contribution in [1.82, 2.24) is 10.2 Å². The highest BCUT2D eigenvalue weighted by Gasteiger charge is 2.23. The second-order valence-electron chi connectivity index (χ2n) is 7.55. The molecule has 166 valence electrons. The number of benzene rings is 2. The lowest BCUT2D eigenvalue weighted by Crippen LogP contribution is -2.39. The zero-order valence-corrected chi connectivity index (χ0v) is 20.3. The van der Waals surface area contributed by atoms with Crippen molar-refractivity contribution in [2.45, 2.75) is 25.8 Å². The highest BCUT2D eigenvalue weighted by Crippen LogP contribution is 2.32. The summed E-state index contributed by atoms with van der Waals surface area (Å²) in [6.07, 6.45) is 2.22. The topological polar surface area (TPSA) is 66.4 Å². The van der Waals surface area contributed by atoms with Gasteiger partial charge in [0.05, 0.1) is 0 Å². The summed E-state index contributed by atoms with van der Waals surface area (Å²) in [6, 6.07) is 14.1. The van der Waals surface area contributed by atoms with Gasteiger partial charge in [-0.25, -0.2) is 0 Å². The molecule has 1 N–H and O–H groups in total. The van der Waals surface area contributed by atoms with Gasteiger partial charge >= 0.3 is 0 Å². The third-order valence-corrected chi connectivity index (χ3v) is 5.47. The molecule has 1 amide bonds. The fraction of sp³-hybridized carbons (Fsp3) is 0.391. The number of carbonyl (C=O) groups excluding carboxylic acids is 1. The standard InChI is InChI=1S/C23H28N4O3.HI/c1-24-23(26(2)15-17-9-10-20-21(14-17)30-16-29-20)25-12-5-8-22(28)27-13-11-18-6-3-4-7-19(18)27;/h3-4,6-7,9-10,14H,5,8,11-13,15-16H2,1-2H3,(H,24,25);1H. The van der Waals surface area contributed by atoms with E-state index in [-0.39, 0.29) is 36.7 Å². The van der Waals surface area contributed by atoms with Crippen LogP contribution >= 0.6 is 24.0 Å². The van der Waals surface area contributed by atoms with Gasteiger partial charge in [-0.1, -0.05) is 24.3 Å². The minimum absolute atomic E-state index is 0. The van der Waals surface area contributed by atoms with E-state index in [2.05, 4.69) is 21.3 Å². The first kappa shape index (κ1) is 23.2. The smallest absolute Gasteiger partial charge is 0.231 e. The number of anilines is 1. The molecule has 2 heterocycles. The normalized spacial score (nSPS) is 14.1. The Hall–Kier alpha value is -2.49. The summed E-state index contributed by atoms with van der Waals surface area (Å²) >= 11 is 0. The summed E-state index contributed by atoms with van der Waals surface area (Å²) < 4.78 is 10.8. The van der Waals surface area contributed by atoms with Crippen LogP contribution in [-0.2, 0) is 17.8 Å². The Kier molecular flexibility index (Phi) is 8.00. The molecule has 0 aliphatic carbocycles. The third-order valence-electron chi connectivity index (χ3n) is 5.47. The lowest BCUT2D eigenvalue weighted by Gasteiger charge is -2.22. The van der Waals surface area contributed by atoms with Gasteiger partial charge in [0.15, 0.2) is 17.5 Å². The van der Waals surface area contributed by atoms with E-state index in [9.17, 15) is 4.79 Å². The van der Waals surface area contributed by atoms with Crippen molar-refractivity contribution in [3.05, 3.63) is 53.6 Å². The number of amides is 1. The van der Waals surface area contributed by atoms with E-state index in [0.717, 1.165) is 48.1 Å². The van der Waals surface area contributed by atoms with E-state index in [1.807, 2.05) is 48.3 Å². The quantitative estimate of drug-likeness (QED) is 0.266. The molecule has 2 aromatic rings. The molecule has 2 aromatic carbocycles. The maximum absolute atomic E-state index is 12.6. The average molecular weight is 536 g/mol. The Bertz CT molecular complexity index is 950. The summed E-state index contributed by atoms with van der Waals surface area (Å²) in [5, 5.41) is 3.36. The lowest BCUT2D eigenvalue weighted by molar-refractivity contribution is -0.118. The van der Waals surface area contributed by atoms with Crippen LogP contribution in [0.25, 0.3) is 0 Å². The molecular weight excluding hydrogens is 507 g/mol. The number of carbonyl (C=O) groups is 1. The molecule has 0 radical (unpaired) electrons. The zero-order valence-electron chi connectivity index (χ0n) is 18.0. The second kappa shape index (κ2) is 10.7. The van der Waals surface area contributed by atoms with E-state index in [1.165, 1.54) is 5.56 Å². The van der Waals surface area contributed by atoms with Crippen LogP contribution in [0.2, 0.25) is 0 Å². The van der Waals surface area contributed by atoms with Gasteiger partial charge in [0, 0.05) is 45.8 Å². The van der Waals surface area contributed by atoms with Crippen LogP contribution in [0.3, 0.4) is 0 Å². The van der Waals surface area contributed by atoms with Gasteiger partial charge < -0.3 is 24.6 Å². The number of halogens is 1. The molecule has 0 spiro atoms. The predicted molar refractivity (Wildman–Crippen MR) is 133 cm³/mol. The molecule has 2 aliphatic rings. The molecule has 0 unspecified atom stereocenters. The first-order valence-corrected chi connectivity index (χ1v) is 10.3. The van der Waals surface area contributed by atoms with Gasteiger partial charge in [-0.3, -0.25) is 9.79 Å². The van der Waals surface area contributed by atoms with Gasteiger partial charge in [0.2, 0.25) is 12.7 Å². The number of guanidine groups is 1. The number of nitrogens with zero attached hydrogens (tertiary/aromatic N) is 3. The SMILES string of the molecule is CN=C(NCCCC(=O)N1CCc2ccccc21)N(C)Cc1ccc2c(c1)OCO2.I. The molecular formula is C23H29IN4O3. The summed E-state index contributed by atoms with van der Waals surface area (Å²) in [4.78, 5) is 21.0. The molecule has 2 aliphatic heterocycles. The highest BCUT2D eigenvalue weighted by molar-refractivity contribution is 14.0. The Labute approximate surface area is 200 Å². The number of nitrogens with one attached hydrogen (secondary N) is 1. The van der Waals surface area contributed by atoms with Crippen molar-refractivity contribution in [1.29, 1.82) is 0 Å². The van der Waals surface area contributed by atoms with Gasteiger partial charge in [-0.05, 0) is 42.2 Å². The van der Waals surface area contributed by atoms with E-state index < -0.39 is 0 Å². The molecule has 0 atom stereocenters. The summed E-state index contributed by atoms with van der Waals surface area (Å²) in [7, 11) is 3.76. The van der Waals surface area contributed by atoms with Crippen LogP contribution in [0.1, 0.15) is 24.0 Å². The van der Waals surface area contributed by atoms with Crippen LogP contribution in [-0.4, -0.2) is 50.7 Å². The van der Waals surface area contributed by atoms with Crippen LogP contribution in [0.5, 0.6) is 11.5 Å². The highest BCUT2D eigenvalue weighted by atomic mass is 127. The van der Waals surface area contributed by atoms with Crippen molar-refractivity contribution in [2.24, 2.45) is 4.99 Å². The van der Waals surface area contributed by atoms with Crippen molar-refractivity contribution in [3.8, 4) is 11.5 Å². The third kappa shape index (κ3) is 5.41. The van der Waals surface area contributed by atoms with E-state index in [0.29, 0.717) is 19.5 Å². The van der Waals surface area contributed by atoms with Crippen molar-refractivity contribution >= 4 is 41.5 Å². The van der Waals surface area contributed by atoms with E-state index in [4.69, 9.17) is 9.47 Å². The van der Waals surface area contributed by atoms with Crippen molar-refractivity contribution < 1.29 is 14.3 Å². The van der Waals surface area contributed by atoms with Gasteiger partial charge in [-0.2, -0.15) is 0 Å². The number of aliphatic imine (C=N–C) groups is 1. The minimum Gasteiger partial charge on any atom is -0.454 e. The molecule has 0 saturated carbocycles. The average Bonchev–Trinajstić information content (AvgIpc) is 3.40. The molecule has 7 nitrogen and oxygen atoms in total. The molecule has 4 rings (SSSR count). The minimum atomic E-state index is 0.